The van der Waals surface area contributed by atoms with Crippen molar-refractivity contribution in [1.82, 2.24) is 5.32 Å². The van der Waals surface area contributed by atoms with Gasteiger partial charge in [0.25, 0.3) is 0 Å². The van der Waals surface area contributed by atoms with E-state index in [1.165, 1.54) is 0 Å². The van der Waals surface area contributed by atoms with E-state index >= 15 is 0 Å². The van der Waals surface area contributed by atoms with Crippen molar-refractivity contribution < 1.29 is 9.90 Å². The van der Waals surface area contributed by atoms with Gasteiger partial charge >= 0.3 is 0 Å². The van der Waals surface area contributed by atoms with Gasteiger partial charge in [0.1, 0.15) is 0 Å². The molecule has 3 atom stereocenters. The van der Waals surface area contributed by atoms with Crippen molar-refractivity contribution >= 4 is 5.91 Å². The fourth-order valence-electron chi connectivity index (χ4n) is 2.71. The number of aliphatic hydroxyl groups excluding tert-OH is 1. The number of amides is 1. The molecule has 1 saturated carbocycles. The summed E-state index contributed by atoms with van der Waals surface area (Å²) in [7, 11) is 0. The van der Waals surface area contributed by atoms with E-state index in [9.17, 15) is 9.90 Å². The summed E-state index contributed by atoms with van der Waals surface area (Å²) in [5.41, 5.74) is 7.88. The number of hydrogen-bond donors (Lipinski definition) is 3. The summed E-state index contributed by atoms with van der Waals surface area (Å²) in [4.78, 5) is 12.1. The minimum Gasteiger partial charge on any atom is -0.387 e. The predicted molar refractivity (Wildman–Crippen MR) is 79.1 cm³/mol. The standard InChI is InChI=1S/C16H24N2O2/c1-11-5-7-12(8-6-11)15(19)10-18-16(20)13-3-2-4-14(17)9-13/h5-8,13-15,19H,2-4,9-10,17H2,1H3,(H,18,20). The first kappa shape index (κ1) is 15.0. The highest BCUT2D eigenvalue weighted by Gasteiger charge is 2.25. The summed E-state index contributed by atoms with van der Waals surface area (Å²) in [5, 5.41) is 12.9. The number of carbonyl (C=O) groups is 1. The van der Waals surface area contributed by atoms with Gasteiger partial charge in [0.05, 0.1) is 6.10 Å². The summed E-state index contributed by atoms with van der Waals surface area (Å²) < 4.78 is 0. The van der Waals surface area contributed by atoms with E-state index in [4.69, 9.17) is 5.73 Å². The third-order valence-electron chi connectivity index (χ3n) is 4.02. The average Bonchev–Trinajstić information content (AvgIpc) is 2.45. The molecule has 4 heteroatoms. The lowest BCUT2D eigenvalue weighted by Gasteiger charge is -2.26. The summed E-state index contributed by atoms with van der Waals surface area (Å²) in [6, 6.07) is 7.84. The topological polar surface area (TPSA) is 75.3 Å². The molecular weight excluding hydrogens is 252 g/mol. The number of carbonyl (C=O) groups excluding carboxylic acids is 1. The number of nitrogens with one attached hydrogen (secondary N) is 1. The van der Waals surface area contributed by atoms with E-state index in [0.717, 1.165) is 36.8 Å². The van der Waals surface area contributed by atoms with Crippen molar-refractivity contribution in [2.75, 3.05) is 6.54 Å². The van der Waals surface area contributed by atoms with Gasteiger partial charge in [-0.2, -0.15) is 0 Å². The summed E-state index contributed by atoms with van der Waals surface area (Å²) >= 11 is 0. The first-order chi connectivity index (χ1) is 9.56. The molecule has 2 rings (SSSR count). The first-order valence-electron chi connectivity index (χ1n) is 7.34. The minimum atomic E-state index is -0.656. The highest BCUT2D eigenvalue weighted by atomic mass is 16.3. The molecule has 1 fully saturated rings. The largest absolute Gasteiger partial charge is 0.387 e. The Morgan fingerprint density at radius 3 is 2.75 bits per heavy atom. The Morgan fingerprint density at radius 1 is 1.40 bits per heavy atom. The van der Waals surface area contributed by atoms with Gasteiger partial charge < -0.3 is 16.2 Å². The molecule has 1 aliphatic rings. The Kier molecular flexibility index (Phi) is 5.15. The third kappa shape index (κ3) is 4.05. The van der Waals surface area contributed by atoms with Crippen LogP contribution in [0.5, 0.6) is 0 Å². The molecule has 3 unspecified atom stereocenters. The Hall–Kier alpha value is -1.39. The van der Waals surface area contributed by atoms with Crippen molar-refractivity contribution in [3.63, 3.8) is 0 Å². The van der Waals surface area contributed by atoms with Crippen LogP contribution in [-0.4, -0.2) is 23.6 Å². The van der Waals surface area contributed by atoms with Crippen LogP contribution in [0.1, 0.15) is 42.9 Å². The molecule has 1 aliphatic carbocycles. The quantitative estimate of drug-likeness (QED) is 0.783. The van der Waals surface area contributed by atoms with Crippen LogP contribution >= 0.6 is 0 Å². The molecule has 0 radical (unpaired) electrons. The zero-order valence-electron chi connectivity index (χ0n) is 12.0. The summed E-state index contributed by atoms with van der Waals surface area (Å²) in [5.74, 6) is 0.0234. The van der Waals surface area contributed by atoms with E-state index in [2.05, 4.69) is 5.32 Å². The van der Waals surface area contributed by atoms with Crippen molar-refractivity contribution in [2.45, 2.75) is 44.8 Å². The van der Waals surface area contributed by atoms with E-state index in [0.29, 0.717) is 0 Å². The number of benzene rings is 1. The lowest BCUT2D eigenvalue weighted by molar-refractivity contribution is -0.126. The molecule has 1 aromatic carbocycles. The predicted octanol–water partition coefficient (Wildman–Crippen LogP) is 1.66. The van der Waals surface area contributed by atoms with Crippen molar-refractivity contribution in [1.29, 1.82) is 0 Å². The Bertz CT molecular complexity index is 444. The van der Waals surface area contributed by atoms with Gasteiger partial charge in [-0.1, -0.05) is 36.2 Å². The lowest BCUT2D eigenvalue weighted by Crippen LogP contribution is -2.39. The van der Waals surface area contributed by atoms with Gasteiger partial charge in [-0.05, 0) is 31.7 Å². The molecule has 4 nitrogen and oxygen atoms in total. The molecular formula is C16H24N2O2. The highest BCUT2D eigenvalue weighted by Crippen LogP contribution is 2.23. The van der Waals surface area contributed by atoms with Gasteiger partial charge in [0, 0.05) is 18.5 Å². The SMILES string of the molecule is Cc1ccc(C(O)CNC(=O)C2CCCC(N)C2)cc1. The molecule has 20 heavy (non-hydrogen) atoms. The zero-order chi connectivity index (χ0) is 14.5. The van der Waals surface area contributed by atoms with Gasteiger partial charge in [-0.3, -0.25) is 4.79 Å². The maximum Gasteiger partial charge on any atom is 0.223 e. The van der Waals surface area contributed by atoms with Gasteiger partial charge in [0.2, 0.25) is 5.91 Å². The maximum absolute atomic E-state index is 12.1. The second-order valence-corrected chi connectivity index (χ2v) is 5.80. The molecule has 0 aliphatic heterocycles. The molecule has 0 spiro atoms. The Labute approximate surface area is 120 Å². The second-order valence-electron chi connectivity index (χ2n) is 5.80. The minimum absolute atomic E-state index is 0.00367. The monoisotopic (exact) mass is 276 g/mol. The molecule has 1 amide bonds. The number of hydrogen-bond acceptors (Lipinski definition) is 3. The maximum atomic E-state index is 12.1. The van der Waals surface area contributed by atoms with Crippen LogP contribution in [0.2, 0.25) is 0 Å². The van der Waals surface area contributed by atoms with Crippen molar-refractivity contribution in [3.05, 3.63) is 35.4 Å². The molecule has 0 saturated heterocycles. The Morgan fingerprint density at radius 2 is 2.10 bits per heavy atom. The lowest BCUT2D eigenvalue weighted by atomic mass is 9.85. The molecule has 1 aromatic rings. The first-order valence-corrected chi connectivity index (χ1v) is 7.34. The van der Waals surface area contributed by atoms with E-state index in [-0.39, 0.29) is 24.4 Å². The van der Waals surface area contributed by atoms with E-state index in [1.54, 1.807) is 0 Å². The third-order valence-corrected chi connectivity index (χ3v) is 4.02. The Balaban J connectivity index is 1.82. The highest BCUT2D eigenvalue weighted by molar-refractivity contribution is 5.78. The van der Waals surface area contributed by atoms with Gasteiger partial charge in [-0.15, -0.1) is 0 Å². The van der Waals surface area contributed by atoms with Crippen molar-refractivity contribution in [2.24, 2.45) is 11.7 Å². The van der Waals surface area contributed by atoms with Gasteiger partial charge in [-0.25, -0.2) is 0 Å². The van der Waals surface area contributed by atoms with Crippen LogP contribution in [0.4, 0.5) is 0 Å². The van der Waals surface area contributed by atoms with Crippen LogP contribution in [0.3, 0.4) is 0 Å². The summed E-state index contributed by atoms with van der Waals surface area (Å²) in [6.07, 6.45) is 3.03. The molecule has 0 aromatic heterocycles. The fourth-order valence-corrected chi connectivity index (χ4v) is 2.71. The molecule has 110 valence electrons. The van der Waals surface area contributed by atoms with Crippen LogP contribution in [-0.2, 0) is 4.79 Å². The van der Waals surface area contributed by atoms with E-state index in [1.807, 2.05) is 31.2 Å². The van der Waals surface area contributed by atoms with Crippen LogP contribution in [0.15, 0.2) is 24.3 Å². The number of nitrogens with two attached hydrogens (primary N) is 1. The van der Waals surface area contributed by atoms with Crippen LogP contribution < -0.4 is 11.1 Å². The number of rotatable bonds is 4. The zero-order valence-corrected chi connectivity index (χ0v) is 12.0. The van der Waals surface area contributed by atoms with E-state index < -0.39 is 6.10 Å². The normalized spacial score (nSPS) is 24.1. The average molecular weight is 276 g/mol. The number of aliphatic hydroxyl groups is 1. The second kappa shape index (κ2) is 6.86. The smallest absolute Gasteiger partial charge is 0.223 e. The molecule has 4 N–H and O–H groups in total. The van der Waals surface area contributed by atoms with Gasteiger partial charge in [0.15, 0.2) is 0 Å². The molecule has 0 bridgehead atoms. The van der Waals surface area contributed by atoms with Crippen molar-refractivity contribution in [3.8, 4) is 0 Å². The van der Waals surface area contributed by atoms with Crippen LogP contribution in [0.25, 0.3) is 0 Å². The fraction of sp³-hybridized carbons (Fsp3) is 0.562. The summed E-state index contributed by atoms with van der Waals surface area (Å²) in [6.45, 7) is 2.26. The number of aryl methyl sites for hydroxylation is 1. The van der Waals surface area contributed by atoms with Crippen LogP contribution in [0, 0.1) is 12.8 Å². The molecule has 0 heterocycles.